The molecular weight excluding hydrogens is 380 g/mol. The Morgan fingerprint density at radius 1 is 1.17 bits per heavy atom. The highest BCUT2D eigenvalue weighted by atomic mass is 16.6. The van der Waals surface area contributed by atoms with Gasteiger partial charge in [0, 0.05) is 24.2 Å². The molecule has 1 amide bonds. The van der Waals surface area contributed by atoms with Crippen molar-refractivity contribution < 1.29 is 14.3 Å². The number of rotatable bonds is 2. The van der Waals surface area contributed by atoms with Gasteiger partial charge in [-0.25, -0.2) is 14.8 Å². The van der Waals surface area contributed by atoms with Gasteiger partial charge in [0.25, 0.3) is 0 Å². The van der Waals surface area contributed by atoms with Gasteiger partial charge in [-0.05, 0) is 34.1 Å². The number of carbonyl (C=O) groups is 1. The Kier molecular flexibility index (Phi) is 5.64. The zero-order valence-corrected chi connectivity index (χ0v) is 18.2. The zero-order valence-electron chi connectivity index (χ0n) is 18.2. The van der Waals surface area contributed by atoms with Crippen LogP contribution in [0.4, 0.5) is 10.6 Å². The van der Waals surface area contributed by atoms with E-state index in [0.29, 0.717) is 38.5 Å². The molecule has 0 unspecified atom stereocenters. The van der Waals surface area contributed by atoms with Gasteiger partial charge < -0.3 is 19.3 Å². The summed E-state index contributed by atoms with van der Waals surface area (Å²) in [6, 6.07) is 10.2. The van der Waals surface area contributed by atoms with E-state index in [1.54, 1.807) is 4.90 Å². The minimum Gasteiger partial charge on any atom is -0.444 e. The fourth-order valence-electron chi connectivity index (χ4n) is 3.89. The summed E-state index contributed by atoms with van der Waals surface area (Å²) in [5, 5.41) is 0. The van der Waals surface area contributed by atoms with E-state index in [2.05, 4.69) is 11.8 Å². The Morgan fingerprint density at radius 3 is 2.63 bits per heavy atom. The summed E-state index contributed by atoms with van der Waals surface area (Å²) in [4.78, 5) is 26.6. The van der Waals surface area contributed by atoms with Gasteiger partial charge in [-0.15, -0.1) is 0 Å². The Morgan fingerprint density at radius 2 is 1.93 bits per heavy atom. The number of carbonyl (C=O) groups excluding carboxylic acids is 1. The molecule has 0 spiro atoms. The second-order valence-electron chi connectivity index (χ2n) is 8.93. The van der Waals surface area contributed by atoms with Crippen molar-refractivity contribution >= 4 is 11.9 Å². The lowest BCUT2D eigenvalue weighted by Crippen LogP contribution is -2.46. The maximum Gasteiger partial charge on any atom is 0.410 e. The van der Waals surface area contributed by atoms with Crippen LogP contribution in [0.3, 0.4) is 0 Å². The Labute approximate surface area is 178 Å². The number of fused-ring (bicyclic) bond motifs is 1. The fraction of sp³-hybridized carbons (Fsp3) is 0.522. The molecule has 30 heavy (non-hydrogen) atoms. The predicted molar refractivity (Wildman–Crippen MR) is 115 cm³/mol. The van der Waals surface area contributed by atoms with E-state index in [1.807, 2.05) is 51.1 Å². The monoisotopic (exact) mass is 410 g/mol. The Bertz CT molecular complexity index is 911. The van der Waals surface area contributed by atoms with Crippen LogP contribution in [0.25, 0.3) is 11.4 Å². The summed E-state index contributed by atoms with van der Waals surface area (Å²) in [5.74, 6) is 1.66. The standard InChI is InChI=1S/C23H30N4O3/c1-16-15-29-13-12-27(16)21-18-10-11-26(22(28)30-23(2,3)4)14-19(18)24-20(25-21)17-8-6-5-7-9-17/h5-9,16H,10-15H2,1-4H3/t16-/m0/s1. The van der Waals surface area contributed by atoms with Crippen molar-refractivity contribution in [3.05, 3.63) is 41.6 Å². The first-order chi connectivity index (χ1) is 14.3. The van der Waals surface area contributed by atoms with Gasteiger partial charge in [-0.2, -0.15) is 0 Å². The maximum absolute atomic E-state index is 12.7. The highest BCUT2D eigenvalue weighted by Crippen LogP contribution is 2.31. The SMILES string of the molecule is C[C@H]1COCCN1c1nc(-c2ccccc2)nc2c1CCN(C(=O)OC(C)(C)C)C2. The van der Waals surface area contributed by atoms with Crippen molar-refractivity contribution in [2.24, 2.45) is 0 Å². The second-order valence-corrected chi connectivity index (χ2v) is 8.93. The van der Waals surface area contributed by atoms with Gasteiger partial charge in [0.2, 0.25) is 0 Å². The number of morpholine rings is 1. The number of aromatic nitrogens is 2. The van der Waals surface area contributed by atoms with Crippen LogP contribution in [0.5, 0.6) is 0 Å². The molecule has 3 heterocycles. The highest BCUT2D eigenvalue weighted by molar-refractivity contribution is 5.69. The molecule has 2 aromatic rings. The molecule has 0 bridgehead atoms. The summed E-state index contributed by atoms with van der Waals surface area (Å²) in [6.45, 7) is 11.0. The topological polar surface area (TPSA) is 67.8 Å². The lowest BCUT2D eigenvalue weighted by Gasteiger charge is -2.38. The highest BCUT2D eigenvalue weighted by Gasteiger charge is 2.31. The largest absolute Gasteiger partial charge is 0.444 e. The molecule has 0 aliphatic carbocycles. The van der Waals surface area contributed by atoms with Crippen LogP contribution in [0.15, 0.2) is 30.3 Å². The van der Waals surface area contributed by atoms with E-state index in [1.165, 1.54) is 0 Å². The van der Waals surface area contributed by atoms with Crippen LogP contribution in [-0.2, 0) is 22.4 Å². The molecule has 1 saturated heterocycles. The van der Waals surface area contributed by atoms with Gasteiger partial charge in [0.15, 0.2) is 5.82 Å². The number of anilines is 1. The van der Waals surface area contributed by atoms with Crippen LogP contribution >= 0.6 is 0 Å². The first kappa shape index (κ1) is 20.6. The fourth-order valence-corrected chi connectivity index (χ4v) is 3.89. The number of hydrogen-bond donors (Lipinski definition) is 0. The van der Waals surface area contributed by atoms with E-state index in [0.717, 1.165) is 29.2 Å². The molecule has 1 aromatic heterocycles. The molecule has 4 rings (SSSR count). The van der Waals surface area contributed by atoms with E-state index in [9.17, 15) is 4.79 Å². The quantitative estimate of drug-likeness (QED) is 0.753. The molecule has 0 N–H and O–H groups in total. The summed E-state index contributed by atoms with van der Waals surface area (Å²) >= 11 is 0. The van der Waals surface area contributed by atoms with Gasteiger partial charge in [-0.1, -0.05) is 30.3 Å². The molecule has 7 heteroatoms. The van der Waals surface area contributed by atoms with Crippen molar-refractivity contribution in [1.82, 2.24) is 14.9 Å². The summed E-state index contributed by atoms with van der Waals surface area (Å²) < 4.78 is 11.2. The molecule has 160 valence electrons. The van der Waals surface area contributed by atoms with E-state index in [4.69, 9.17) is 19.4 Å². The first-order valence-electron chi connectivity index (χ1n) is 10.6. The van der Waals surface area contributed by atoms with E-state index in [-0.39, 0.29) is 12.1 Å². The number of ether oxygens (including phenoxy) is 2. The van der Waals surface area contributed by atoms with E-state index >= 15 is 0 Å². The van der Waals surface area contributed by atoms with Crippen LogP contribution in [0.2, 0.25) is 0 Å². The first-order valence-corrected chi connectivity index (χ1v) is 10.6. The van der Waals surface area contributed by atoms with Crippen LogP contribution in [0.1, 0.15) is 39.0 Å². The smallest absolute Gasteiger partial charge is 0.410 e. The minimum absolute atomic E-state index is 0.241. The van der Waals surface area contributed by atoms with Crippen LogP contribution < -0.4 is 4.90 Å². The number of benzene rings is 1. The molecule has 1 atom stereocenters. The molecule has 2 aliphatic rings. The molecule has 1 aromatic carbocycles. The van der Waals surface area contributed by atoms with Gasteiger partial charge in [-0.3, -0.25) is 0 Å². The average molecular weight is 411 g/mol. The molecule has 7 nitrogen and oxygen atoms in total. The summed E-state index contributed by atoms with van der Waals surface area (Å²) in [6.07, 6.45) is 0.414. The van der Waals surface area contributed by atoms with Crippen LogP contribution in [0, 0.1) is 0 Å². The molecule has 2 aliphatic heterocycles. The molecule has 1 fully saturated rings. The Balaban J connectivity index is 1.72. The number of amides is 1. The van der Waals surface area contributed by atoms with Crippen molar-refractivity contribution in [1.29, 1.82) is 0 Å². The third kappa shape index (κ3) is 4.41. The Hall–Kier alpha value is -2.67. The molecular formula is C23H30N4O3. The van der Waals surface area contributed by atoms with Crippen molar-refractivity contribution in [3.8, 4) is 11.4 Å². The van der Waals surface area contributed by atoms with Gasteiger partial charge in [0.05, 0.1) is 31.5 Å². The molecule has 0 saturated carbocycles. The zero-order chi connectivity index (χ0) is 21.3. The van der Waals surface area contributed by atoms with Gasteiger partial charge in [0.1, 0.15) is 11.4 Å². The third-order valence-electron chi connectivity index (χ3n) is 5.37. The summed E-state index contributed by atoms with van der Waals surface area (Å²) in [7, 11) is 0. The normalized spacial score (nSPS) is 19.4. The second kappa shape index (κ2) is 8.22. The van der Waals surface area contributed by atoms with Crippen molar-refractivity contribution in [3.63, 3.8) is 0 Å². The number of hydrogen-bond acceptors (Lipinski definition) is 6. The predicted octanol–water partition coefficient (Wildman–Crippen LogP) is 3.66. The van der Waals surface area contributed by atoms with Crippen LogP contribution in [-0.4, -0.2) is 58.9 Å². The maximum atomic E-state index is 12.7. The van der Waals surface area contributed by atoms with Gasteiger partial charge >= 0.3 is 6.09 Å². The van der Waals surface area contributed by atoms with Crippen molar-refractivity contribution in [2.45, 2.75) is 52.3 Å². The minimum atomic E-state index is -0.521. The molecule has 0 radical (unpaired) electrons. The average Bonchev–Trinajstić information content (AvgIpc) is 2.72. The van der Waals surface area contributed by atoms with E-state index < -0.39 is 5.60 Å². The lowest BCUT2D eigenvalue weighted by atomic mass is 10.0. The third-order valence-corrected chi connectivity index (χ3v) is 5.37. The lowest BCUT2D eigenvalue weighted by molar-refractivity contribution is 0.0220. The summed E-state index contributed by atoms with van der Waals surface area (Å²) in [5.41, 5.74) is 2.47. The number of nitrogens with zero attached hydrogens (tertiary/aromatic N) is 4. The van der Waals surface area contributed by atoms with Crippen molar-refractivity contribution in [2.75, 3.05) is 31.2 Å².